The molecule has 1 amide bonds. The first kappa shape index (κ1) is 19.5. The number of nitrogens with one attached hydrogen (secondary N) is 2. The van der Waals surface area contributed by atoms with Gasteiger partial charge in [0.25, 0.3) is 5.91 Å². The predicted molar refractivity (Wildman–Crippen MR) is 108 cm³/mol. The highest BCUT2D eigenvalue weighted by atomic mass is 19.1. The summed E-state index contributed by atoms with van der Waals surface area (Å²) >= 11 is 0. The fourth-order valence-corrected chi connectivity index (χ4v) is 2.63. The predicted octanol–water partition coefficient (Wildman–Crippen LogP) is 4.59. The molecule has 6 heteroatoms. The van der Waals surface area contributed by atoms with Crippen molar-refractivity contribution in [2.24, 2.45) is 0 Å². The number of carbonyl (C=O) groups excluding carboxylic acids is 1. The van der Waals surface area contributed by atoms with Crippen molar-refractivity contribution in [2.45, 2.75) is 32.7 Å². The number of anilines is 2. The number of nitrogens with zero attached hydrogens (tertiary/aromatic N) is 2. The van der Waals surface area contributed by atoms with Gasteiger partial charge in [0, 0.05) is 18.3 Å². The maximum Gasteiger partial charge on any atom is 0.270 e. The van der Waals surface area contributed by atoms with Gasteiger partial charge < -0.3 is 10.6 Å². The van der Waals surface area contributed by atoms with Crippen LogP contribution in [0.4, 0.5) is 15.9 Å². The number of rotatable bonds is 5. The smallest absolute Gasteiger partial charge is 0.270 e. The number of hydrogen-bond donors (Lipinski definition) is 2. The molecular formula is C22H23FN4O. The van der Waals surface area contributed by atoms with Crippen molar-refractivity contribution in [3.63, 3.8) is 0 Å². The molecule has 0 aliphatic carbocycles. The Morgan fingerprint density at radius 1 is 1.00 bits per heavy atom. The lowest BCUT2D eigenvalue weighted by atomic mass is 9.87. The third-order valence-electron chi connectivity index (χ3n) is 4.29. The Bertz CT molecular complexity index is 948. The SMILES string of the molecule is CC(C)(C)c1ccc(Nc2cc(C(=O)NCc3ccc(F)cc3)ncn2)cc1. The molecular weight excluding hydrogens is 355 g/mol. The Balaban J connectivity index is 1.64. The maximum atomic E-state index is 12.9. The quantitative estimate of drug-likeness (QED) is 0.682. The summed E-state index contributed by atoms with van der Waals surface area (Å²) < 4.78 is 12.9. The minimum atomic E-state index is -0.321. The van der Waals surface area contributed by atoms with Gasteiger partial charge in [-0.15, -0.1) is 0 Å². The molecule has 144 valence electrons. The highest BCUT2D eigenvalue weighted by Gasteiger charge is 2.13. The zero-order valence-corrected chi connectivity index (χ0v) is 16.2. The normalized spacial score (nSPS) is 11.1. The van der Waals surface area contributed by atoms with Crippen LogP contribution in [0.15, 0.2) is 60.9 Å². The van der Waals surface area contributed by atoms with E-state index in [1.54, 1.807) is 18.2 Å². The van der Waals surface area contributed by atoms with Crippen LogP contribution in [0.25, 0.3) is 0 Å². The third kappa shape index (κ3) is 5.13. The van der Waals surface area contributed by atoms with Gasteiger partial charge in [-0.25, -0.2) is 14.4 Å². The van der Waals surface area contributed by atoms with Crippen LogP contribution in [-0.2, 0) is 12.0 Å². The van der Waals surface area contributed by atoms with Crippen molar-refractivity contribution in [2.75, 3.05) is 5.32 Å². The maximum absolute atomic E-state index is 12.9. The van der Waals surface area contributed by atoms with E-state index in [0.717, 1.165) is 11.3 Å². The summed E-state index contributed by atoms with van der Waals surface area (Å²) in [5.74, 6) is -0.0968. The molecule has 0 fully saturated rings. The average molecular weight is 378 g/mol. The molecule has 0 saturated heterocycles. The van der Waals surface area contributed by atoms with Gasteiger partial charge in [0.1, 0.15) is 23.7 Å². The van der Waals surface area contributed by atoms with Crippen LogP contribution in [0, 0.1) is 5.82 Å². The molecule has 0 unspecified atom stereocenters. The second-order valence-corrected chi connectivity index (χ2v) is 7.55. The van der Waals surface area contributed by atoms with Crippen molar-refractivity contribution in [1.29, 1.82) is 0 Å². The Kier molecular flexibility index (Phi) is 5.68. The Morgan fingerprint density at radius 2 is 1.68 bits per heavy atom. The van der Waals surface area contributed by atoms with Crippen LogP contribution in [-0.4, -0.2) is 15.9 Å². The van der Waals surface area contributed by atoms with Gasteiger partial charge in [0.05, 0.1) is 0 Å². The first-order valence-electron chi connectivity index (χ1n) is 9.03. The number of carbonyl (C=O) groups is 1. The van der Waals surface area contributed by atoms with Gasteiger partial charge in [0.15, 0.2) is 0 Å². The van der Waals surface area contributed by atoms with Crippen LogP contribution >= 0.6 is 0 Å². The second-order valence-electron chi connectivity index (χ2n) is 7.55. The van der Waals surface area contributed by atoms with Crippen LogP contribution in [0.2, 0.25) is 0 Å². The molecule has 0 radical (unpaired) electrons. The Morgan fingerprint density at radius 3 is 2.32 bits per heavy atom. The van der Waals surface area contributed by atoms with E-state index in [4.69, 9.17) is 0 Å². The molecule has 3 aromatic rings. The number of benzene rings is 2. The zero-order valence-electron chi connectivity index (χ0n) is 16.2. The molecule has 1 heterocycles. The van der Waals surface area contributed by atoms with Gasteiger partial charge in [-0.05, 0) is 40.8 Å². The fraction of sp³-hybridized carbons (Fsp3) is 0.227. The zero-order chi connectivity index (χ0) is 20.1. The van der Waals surface area contributed by atoms with Gasteiger partial charge in [0.2, 0.25) is 0 Å². The summed E-state index contributed by atoms with van der Waals surface area (Å²) in [5, 5.41) is 5.96. The summed E-state index contributed by atoms with van der Waals surface area (Å²) in [6.07, 6.45) is 1.35. The molecule has 3 rings (SSSR count). The van der Waals surface area contributed by atoms with Crippen molar-refractivity contribution >= 4 is 17.4 Å². The molecule has 0 aliphatic heterocycles. The molecule has 2 N–H and O–H groups in total. The number of amides is 1. The first-order chi connectivity index (χ1) is 13.3. The van der Waals surface area contributed by atoms with Crippen LogP contribution in [0.5, 0.6) is 0 Å². The third-order valence-corrected chi connectivity index (χ3v) is 4.29. The van der Waals surface area contributed by atoms with Crippen LogP contribution in [0.3, 0.4) is 0 Å². The average Bonchev–Trinajstić information content (AvgIpc) is 2.67. The standard InChI is InChI=1S/C22H23FN4O/c1-22(2,3)16-6-10-18(11-7-16)27-20-12-19(25-14-26-20)21(28)24-13-15-4-8-17(23)9-5-15/h4-12,14H,13H2,1-3H3,(H,24,28)(H,25,26,27). The fourth-order valence-electron chi connectivity index (χ4n) is 2.63. The first-order valence-corrected chi connectivity index (χ1v) is 9.03. The molecule has 28 heavy (non-hydrogen) atoms. The topological polar surface area (TPSA) is 66.9 Å². The van der Waals surface area contributed by atoms with Crippen molar-refractivity contribution in [3.05, 3.63) is 83.6 Å². The van der Waals surface area contributed by atoms with E-state index in [0.29, 0.717) is 12.4 Å². The van der Waals surface area contributed by atoms with E-state index in [1.165, 1.54) is 24.0 Å². The van der Waals surface area contributed by atoms with E-state index in [-0.39, 0.29) is 22.8 Å². The summed E-state index contributed by atoms with van der Waals surface area (Å²) in [4.78, 5) is 20.5. The number of aromatic nitrogens is 2. The Labute approximate surface area is 164 Å². The summed E-state index contributed by atoms with van der Waals surface area (Å²) in [6, 6.07) is 15.7. The van der Waals surface area contributed by atoms with Gasteiger partial charge in [-0.1, -0.05) is 45.0 Å². The minimum Gasteiger partial charge on any atom is -0.347 e. The van der Waals surface area contributed by atoms with Crippen molar-refractivity contribution < 1.29 is 9.18 Å². The Hall–Kier alpha value is -3.28. The van der Waals surface area contributed by atoms with Crippen molar-refractivity contribution in [3.8, 4) is 0 Å². The van der Waals surface area contributed by atoms with Crippen molar-refractivity contribution in [1.82, 2.24) is 15.3 Å². The molecule has 0 bridgehead atoms. The molecule has 0 atom stereocenters. The van der Waals surface area contributed by atoms with E-state index in [1.807, 2.05) is 12.1 Å². The van der Waals surface area contributed by atoms with Crippen LogP contribution in [0.1, 0.15) is 42.4 Å². The lowest BCUT2D eigenvalue weighted by Gasteiger charge is -2.19. The summed E-state index contributed by atoms with van der Waals surface area (Å²) in [6.45, 7) is 6.78. The molecule has 2 aromatic carbocycles. The summed E-state index contributed by atoms with van der Waals surface area (Å²) in [5.41, 5.74) is 3.27. The van der Waals surface area contributed by atoms with E-state index >= 15 is 0 Å². The second kappa shape index (κ2) is 8.17. The molecule has 1 aromatic heterocycles. The van der Waals surface area contributed by atoms with Gasteiger partial charge in [-0.3, -0.25) is 4.79 Å². The number of halogens is 1. The molecule has 0 saturated carbocycles. The summed E-state index contributed by atoms with van der Waals surface area (Å²) in [7, 11) is 0. The highest BCUT2D eigenvalue weighted by molar-refractivity contribution is 5.92. The molecule has 0 aliphatic rings. The van der Waals surface area contributed by atoms with E-state index < -0.39 is 0 Å². The monoisotopic (exact) mass is 378 g/mol. The lowest BCUT2D eigenvalue weighted by Crippen LogP contribution is -2.24. The molecule has 0 spiro atoms. The number of hydrogen-bond acceptors (Lipinski definition) is 4. The molecule has 5 nitrogen and oxygen atoms in total. The van der Waals surface area contributed by atoms with E-state index in [9.17, 15) is 9.18 Å². The largest absolute Gasteiger partial charge is 0.347 e. The highest BCUT2D eigenvalue weighted by Crippen LogP contribution is 2.24. The van der Waals surface area contributed by atoms with Gasteiger partial charge >= 0.3 is 0 Å². The van der Waals surface area contributed by atoms with Crippen LogP contribution < -0.4 is 10.6 Å². The van der Waals surface area contributed by atoms with E-state index in [2.05, 4.69) is 53.5 Å². The minimum absolute atomic E-state index is 0.0865. The lowest BCUT2D eigenvalue weighted by molar-refractivity contribution is 0.0946. The van der Waals surface area contributed by atoms with Gasteiger partial charge in [-0.2, -0.15) is 0 Å².